The van der Waals surface area contributed by atoms with Crippen LogP contribution in [0.3, 0.4) is 0 Å². The van der Waals surface area contributed by atoms with E-state index in [1.54, 1.807) is 18.2 Å². The molecule has 0 aromatic heterocycles. The molecule has 65 heavy (non-hydrogen) atoms. The third kappa shape index (κ3) is 9.53. The Kier molecular flexibility index (Phi) is 13.3. The van der Waals surface area contributed by atoms with Gasteiger partial charge in [-0.1, -0.05) is 44.5 Å². The van der Waals surface area contributed by atoms with Crippen molar-refractivity contribution in [3.63, 3.8) is 0 Å². The summed E-state index contributed by atoms with van der Waals surface area (Å²) in [4.78, 5) is 43.5. The molecule has 0 saturated carbocycles. The predicted octanol–water partition coefficient (Wildman–Crippen LogP) is 8.04. The Morgan fingerprint density at radius 1 is 0.815 bits per heavy atom. The molecule has 1 fully saturated rings. The van der Waals surface area contributed by atoms with Gasteiger partial charge in [0.1, 0.15) is 18.6 Å². The first-order chi connectivity index (χ1) is 30.6. The smallest absolute Gasteiger partial charge is 0.333 e. The molecule has 0 spiro atoms. The van der Waals surface area contributed by atoms with Gasteiger partial charge in [-0.15, -0.1) is 5.06 Å². The second kappa shape index (κ2) is 18.3. The summed E-state index contributed by atoms with van der Waals surface area (Å²) in [5.41, 5.74) is 6.03. The third-order valence-corrected chi connectivity index (χ3v) is 15.4. The lowest BCUT2D eigenvalue weighted by Crippen LogP contribution is -2.32. The number of carbonyl (C=O) groups excluding carboxylic acids is 3. The van der Waals surface area contributed by atoms with E-state index in [4.69, 9.17) is 9.57 Å². The second-order valence-corrected chi connectivity index (χ2v) is 21.6. The molecule has 3 aromatic carbocycles. The first-order valence-corrected chi connectivity index (χ1v) is 24.7. The van der Waals surface area contributed by atoms with Gasteiger partial charge in [-0.2, -0.15) is 13.0 Å². The van der Waals surface area contributed by atoms with E-state index in [0.29, 0.717) is 36.6 Å². The number of amides is 2. The minimum absolute atomic E-state index is 0.0242. The molecule has 3 aromatic rings. The van der Waals surface area contributed by atoms with Crippen molar-refractivity contribution >= 4 is 55.0 Å². The van der Waals surface area contributed by atoms with Crippen LogP contribution in [0.5, 0.6) is 5.75 Å². The quantitative estimate of drug-likeness (QED) is 0.0677. The van der Waals surface area contributed by atoms with Crippen molar-refractivity contribution in [2.24, 2.45) is 0 Å². The average molecular weight is 926 g/mol. The van der Waals surface area contributed by atoms with E-state index in [-0.39, 0.29) is 29.1 Å². The van der Waals surface area contributed by atoms with E-state index in [1.807, 2.05) is 57.3 Å². The SMILES string of the molecule is CN(C)S(=O)(=O)c1ccc2c(c1)C(C)(C)C(/C=C/C1=C(Oc3ccccc3)C(=C\C=C3/N(CCCCCC(=O)ON4C(=O)CCC4=O)c4ccc(S(=O)(=O)O)cc4C3(C)C)/CCC1)=[N+]2C. The maximum absolute atomic E-state index is 13.1. The van der Waals surface area contributed by atoms with Crippen LogP contribution in [0.15, 0.2) is 123 Å². The summed E-state index contributed by atoms with van der Waals surface area (Å²) < 4.78 is 70.9. The summed E-state index contributed by atoms with van der Waals surface area (Å²) in [6, 6.07) is 19.5. The number of sulfonamides is 1. The van der Waals surface area contributed by atoms with E-state index in [1.165, 1.54) is 30.5 Å². The number of unbranched alkanes of at least 4 members (excludes halogenated alkanes) is 2. The molecule has 2 amide bonds. The van der Waals surface area contributed by atoms with Crippen molar-refractivity contribution < 1.29 is 49.9 Å². The molecular weight excluding hydrogens is 869 g/mol. The number of rotatable bonds is 15. The van der Waals surface area contributed by atoms with Crippen LogP contribution in [0.1, 0.15) is 96.6 Å². The Morgan fingerprint density at radius 2 is 1.49 bits per heavy atom. The molecule has 0 radical (unpaired) electrons. The fourth-order valence-electron chi connectivity index (χ4n) is 9.08. The number of imide groups is 1. The molecule has 0 atom stereocenters. The number of anilines is 1. The molecule has 3 heterocycles. The number of allylic oxidation sites excluding steroid dienone is 7. The van der Waals surface area contributed by atoms with Crippen molar-refractivity contribution in [2.75, 3.05) is 32.6 Å². The number of nitrogens with zero attached hydrogens (tertiary/aromatic N) is 4. The van der Waals surface area contributed by atoms with Gasteiger partial charge in [-0.3, -0.25) is 14.1 Å². The molecule has 1 aliphatic carbocycles. The largest absolute Gasteiger partial charge is 0.457 e. The molecule has 4 aliphatic rings. The highest BCUT2D eigenvalue weighted by Crippen LogP contribution is 2.49. The number of benzene rings is 3. The number of hydroxylamine groups is 2. The van der Waals surface area contributed by atoms with Gasteiger partial charge in [0.25, 0.3) is 21.9 Å². The van der Waals surface area contributed by atoms with Gasteiger partial charge in [0, 0.05) is 74.4 Å². The zero-order valence-corrected chi connectivity index (χ0v) is 39.6. The first kappa shape index (κ1) is 47.3. The van der Waals surface area contributed by atoms with Crippen LogP contribution in [-0.4, -0.2) is 86.5 Å². The topological polar surface area (TPSA) is 171 Å². The van der Waals surface area contributed by atoms with Crippen LogP contribution in [0.2, 0.25) is 0 Å². The molecule has 7 rings (SSSR count). The molecule has 14 nitrogen and oxygen atoms in total. The van der Waals surface area contributed by atoms with Crippen LogP contribution >= 0.6 is 0 Å². The van der Waals surface area contributed by atoms with Crippen LogP contribution < -0.4 is 9.64 Å². The summed E-state index contributed by atoms with van der Waals surface area (Å²) in [5, 5.41) is 0.557. The lowest BCUT2D eigenvalue weighted by molar-refractivity contribution is -0.401. The predicted molar refractivity (Wildman–Crippen MR) is 247 cm³/mol. The van der Waals surface area contributed by atoms with Crippen molar-refractivity contribution in [1.82, 2.24) is 9.37 Å². The van der Waals surface area contributed by atoms with Gasteiger partial charge in [-0.05, 0) is 117 Å². The Morgan fingerprint density at radius 3 is 2.17 bits per heavy atom. The van der Waals surface area contributed by atoms with E-state index >= 15 is 0 Å². The second-order valence-electron chi connectivity index (χ2n) is 18.0. The minimum Gasteiger partial charge on any atom is -0.457 e. The average Bonchev–Trinajstić information content (AvgIpc) is 3.76. The lowest BCUT2D eigenvalue weighted by atomic mass is 9.81. The summed E-state index contributed by atoms with van der Waals surface area (Å²) in [6.45, 7) is 8.75. The fraction of sp³-hybridized carbons (Fsp3) is 0.388. The van der Waals surface area contributed by atoms with E-state index < -0.39 is 48.8 Å². The highest BCUT2D eigenvalue weighted by molar-refractivity contribution is 7.89. The molecule has 3 aliphatic heterocycles. The third-order valence-electron chi connectivity index (χ3n) is 12.7. The van der Waals surface area contributed by atoms with Crippen molar-refractivity contribution in [2.45, 2.75) is 106 Å². The standard InChI is InChI=1S/C49H56N4O10S2/c1-48(2)38-31-36(64(57,58)50(5)6)22-24-40(38)51(7)42(48)26-20-33-15-14-16-34(47(33)62-35-17-10-8-11-18-35)21-27-43-49(3,4)39-32-37(65(59,60)61)23-25-41(39)52(43)30-13-9-12-19-46(56)63-53-44(54)28-29-45(53)55/h8,10-11,17-18,20-27,31-32H,9,12-16,19,28-30H2,1-7H3/p+1. The van der Waals surface area contributed by atoms with Crippen LogP contribution in [0.4, 0.5) is 11.4 Å². The Hall–Kier alpha value is -5.68. The van der Waals surface area contributed by atoms with Crippen LogP contribution in [0, 0.1) is 0 Å². The number of para-hydroxylation sites is 1. The molecule has 1 saturated heterocycles. The van der Waals surface area contributed by atoms with E-state index in [9.17, 15) is 35.8 Å². The molecule has 1 N–H and O–H groups in total. The maximum atomic E-state index is 13.1. The Labute approximate surface area is 382 Å². The van der Waals surface area contributed by atoms with Crippen LogP contribution in [-0.2, 0) is 50.2 Å². The highest BCUT2D eigenvalue weighted by atomic mass is 32.2. The van der Waals surface area contributed by atoms with Gasteiger partial charge in [0.05, 0.1) is 15.2 Å². The number of carbonyl (C=O) groups is 3. The van der Waals surface area contributed by atoms with Gasteiger partial charge < -0.3 is 14.5 Å². The number of hydrogen-bond donors (Lipinski definition) is 1. The summed E-state index contributed by atoms with van der Waals surface area (Å²) in [5.74, 6) is -0.294. The zero-order valence-electron chi connectivity index (χ0n) is 38.0. The summed E-state index contributed by atoms with van der Waals surface area (Å²) in [7, 11) is -3.07. The molecule has 0 bridgehead atoms. The van der Waals surface area contributed by atoms with Crippen molar-refractivity contribution in [3.8, 4) is 5.75 Å². The number of fused-ring (bicyclic) bond motifs is 2. The highest BCUT2D eigenvalue weighted by Gasteiger charge is 2.44. The number of hydrogen-bond acceptors (Lipinski definition) is 10. The molecule has 344 valence electrons. The lowest BCUT2D eigenvalue weighted by Gasteiger charge is -2.27. The fourth-order valence-corrected chi connectivity index (χ4v) is 10.5. The van der Waals surface area contributed by atoms with Gasteiger partial charge in [0.15, 0.2) is 5.71 Å². The normalized spacial score (nSPS) is 19.6. The van der Waals surface area contributed by atoms with Crippen molar-refractivity contribution in [1.29, 1.82) is 0 Å². The summed E-state index contributed by atoms with van der Waals surface area (Å²) in [6.07, 6.45) is 12.5. The number of ether oxygens (including phenoxy) is 1. The van der Waals surface area contributed by atoms with Crippen LogP contribution in [0.25, 0.3) is 0 Å². The molecular formula is C49H57N4O10S2+. The van der Waals surface area contributed by atoms with E-state index in [2.05, 4.69) is 47.6 Å². The van der Waals surface area contributed by atoms with Crippen molar-refractivity contribution in [3.05, 3.63) is 125 Å². The van der Waals surface area contributed by atoms with E-state index in [0.717, 1.165) is 70.1 Å². The maximum Gasteiger partial charge on any atom is 0.333 e. The Balaban J connectivity index is 1.20. The molecule has 16 heteroatoms. The monoisotopic (exact) mass is 925 g/mol. The zero-order chi connectivity index (χ0) is 47.1. The van der Waals surface area contributed by atoms with Gasteiger partial charge >= 0.3 is 5.97 Å². The van der Waals surface area contributed by atoms with Gasteiger partial charge in [0.2, 0.25) is 15.7 Å². The minimum atomic E-state index is -4.48. The Bertz CT molecular complexity index is 2800. The first-order valence-electron chi connectivity index (χ1n) is 21.8. The van der Waals surface area contributed by atoms with Gasteiger partial charge in [-0.25, -0.2) is 17.5 Å². The summed E-state index contributed by atoms with van der Waals surface area (Å²) >= 11 is 0. The molecule has 0 unspecified atom stereocenters.